The summed E-state index contributed by atoms with van der Waals surface area (Å²) >= 11 is 0. The lowest BCUT2D eigenvalue weighted by Gasteiger charge is -2.21. The van der Waals surface area contributed by atoms with Gasteiger partial charge in [0.05, 0.1) is 25.4 Å². The second-order valence-electron chi connectivity index (χ2n) is 4.45. The van der Waals surface area contributed by atoms with Crippen molar-refractivity contribution in [3.63, 3.8) is 0 Å². The SMILES string of the molecule is CCNC(COC1CCOC1)c1ccccc1F. The van der Waals surface area contributed by atoms with Crippen molar-refractivity contribution in [1.82, 2.24) is 5.32 Å². The Kier molecular flexibility index (Phi) is 5.11. The number of hydrogen-bond donors (Lipinski definition) is 1. The summed E-state index contributed by atoms with van der Waals surface area (Å²) in [5, 5.41) is 3.26. The molecule has 2 rings (SSSR count). The molecule has 18 heavy (non-hydrogen) atoms. The molecule has 0 saturated carbocycles. The maximum absolute atomic E-state index is 13.7. The second kappa shape index (κ2) is 6.83. The zero-order chi connectivity index (χ0) is 12.8. The third-order valence-corrected chi connectivity index (χ3v) is 3.12. The lowest BCUT2D eigenvalue weighted by molar-refractivity contribution is 0.0295. The average molecular weight is 253 g/mol. The first kappa shape index (κ1) is 13.5. The predicted octanol–water partition coefficient (Wildman–Crippen LogP) is 2.28. The highest BCUT2D eigenvalue weighted by atomic mass is 19.1. The van der Waals surface area contributed by atoms with Crippen molar-refractivity contribution in [2.24, 2.45) is 0 Å². The minimum absolute atomic E-state index is 0.100. The normalized spacial score (nSPS) is 21.1. The van der Waals surface area contributed by atoms with E-state index in [0.717, 1.165) is 19.6 Å². The van der Waals surface area contributed by atoms with Gasteiger partial charge < -0.3 is 14.8 Å². The van der Waals surface area contributed by atoms with Crippen LogP contribution in [0, 0.1) is 5.82 Å². The predicted molar refractivity (Wildman–Crippen MR) is 68.0 cm³/mol. The average Bonchev–Trinajstić information content (AvgIpc) is 2.88. The smallest absolute Gasteiger partial charge is 0.128 e. The van der Waals surface area contributed by atoms with E-state index in [9.17, 15) is 4.39 Å². The molecule has 1 aromatic carbocycles. The standard InChI is InChI=1S/C14H20FNO2/c1-2-16-14(10-18-11-7-8-17-9-11)12-5-3-4-6-13(12)15/h3-6,11,14,16H,2,7-10H2,1H3. The molecule has 0 aromatic heterocycles. The van der Waals surface area contributed by atoms with E-state index < -0.39 is 0 Å². The van der Waals surface area contributed by atoms with Crippen LogP contribution >= 0.6 is 0 Å². The van der Waals surface area contributed by atoms with Crippen LogP contribution in [0.25, 0.3) is 0 Å². The summed E-state index contributed by atoms with van der Waals surface area (Å²) in [5.41, 5.74) is 0.665. The Labute approximate surface area is 107 Å². The zero-order valence-electron chi connectivity index (χ0n) is 10.7. The summed E-state index contributed by atoms with van der Waals surface area (Å²) < 4.78 is 24.8. The van der Waals surface area contributed by atoms with E-state index in [1.165, 1.54) is 6.07 Å². The van der Waals surface area contributed by atoms with Crippen LogP contribution in [0.4, 0.5) is 4.39 Å². The van der Waals surface area contributed by atoms with Gasteiger partial charge in [-0.05, 0) is 19.0 Å². The first-order valence-corrected chi connectivity index (χ1v) is 6.48. The van der Waals surface area contributed by atoms with Crippen LogP contribution in [0.15, 0.2) is 24.3 Å². The Morgan fingerprint density at radius 2 is 2.33 bits per heavy atom. The summed E-state index contributed by atoms with van der Waals surface area (Å²) in [6.45, 7) is 4.67. The number of nitrogens with one attached hydrogen (secondary N) is 1. The molecule has 1 saturated heterocycles. The first-order valence-electron chi connectivity index (χ1n) is 6.48. The van der Waals surface area contributed by atoms with Gasteiger partial charge in [0.1, 0.15) is 5.82 Å². The quantitative estimate of drug-likeness (QED) is 0.843. The van der Waals surface area contributed by atoms with Gasteiger partial charge in [-0.25, -0.2) is 4.39 Å². The highest BCUT2D eigenvalue weighted by molar-refractivity contribution is 5.21. The van der Waals surface area contributed by atoms with Crippen LogP contribution in [0.2, 0.25) is 0 Å². The molecule has 3 nitrogen and oxygen atoms in total. The van der Waals surface area contributed by atoms with E-state index in [-0.39, 0.29) is 18.0 Å². The summed E-state index contributed by atoms with van der Waals surface area (Å²) in [6, 6.07) is 6.74. The summed E-state index contributed by atoms with van der Waals surface area (Å²) in [5.74, 6) is -0.185. The molecular formula is C14H20FNO2. The molecule has 2 unspecified atom stereocenters. The molecule has 0 radical (unpaired) electrons. The summed E-state index contributed by atoms with van der Waals surface area (Å²) in [4.78, 5) is 0. The van der Waals surface area contributed by atoms with E-state index in [0.29, 0.717) is 18.8 Å². The zero-order valence-corrected chi connectivity index (χ0v) is 10.7. The molecule has 100 valence electrons. The molecule has 1 fully saturated rings. The molecule has 1 aliphatic heterocycles. The third-order valence-electron chi connectivity index (χ3n) is 3.12. The highest BCUT2D eigenvalue weighted by Gasteiger charge is 2.20. The third kappa shape index (κ3) is 3.51. The molecular weight excluding hydrogens is 233 g/mol. The van der Waals surface area contributed by atoms with E-state index in [4.69, 9.17) is 9.47 Å². The minimum atomic E-state index is -0.185. The van der Waals surface area contributed by atoms with Crippen LogP contribution in [-0.2, 0) is 9.47 Å². The molecule has 0 aliphatic carbocycles. The fraction of sp³-hybridized carbons (Fsp3) is 0.571. The van der Waals surface area contributed by atoms with Crippen molar-refractivity contribution in [3.8, 4) is 0 Å². The van der Waals surface area contributed by atoms with Crippen molar-refractivity contribution in [3.05, 3.63) is 35.6 Å². The van der Waals surface area contributed by atoms with Crippen LogP contribution in [0.1, 0.15) is 24.9 Å². The van der Waals surface area contributed by atoms with Gasteiger partial charge in [0, 0.05) is 12.2 Å². The van der Waals surface area contributed by atoms with Crippen LogP contribution in [0.5, 0.6) is 0 Å². The van der Waals surface area contributed by atoms with Gasteiger partial charge in [-0.1, -0.05) is 25.1 Å². The molecule has 1 heterocycles. The van der Waals surface area contributed by atoms with Gasteiger partial charge in [0.2, 0.25) is 0 Å². The molecule has 1 aliphatic rings. The van der Waals surface area contributed by atoms with Crippen molar-refractivity contribution in [2.45, 2.75) is 25.5 Å². The molecule has 4 heteroatoms. The fourth-order valence-corrected chi connectivity index (χ4v) is 2.14. The van der Waals surface area contributed by atoms with Gasteiger partial charge in [-0.3, -0.25) is 0 Å². The van der Waals surface area contributed by atoms with E-state index in [1.807, 2.05) is 13.0 Å². The Morgan fingerprint density at radius 1 is 1.50 bits per heavy atom. The number of likely N-dealkylation sites (N-methyl/N-ethyl adjacent to an activating group) is 1. The molecule has 1 N–H and O–H groups in total. The topological polar surface area (TPSA) is 30.5 Å². The molecule has 0 spiro atoms. The molecule has 2 atom stereocenters. The van der Waals surface area contributed by atoms with Gasteiger partial charge in [-0.15, -0.1) is 0 Å². The largest absolute Gasteiger partial charge is 0.379 e. The Morgan fingerprint density at radius 3 is 3.00 bits per heavy atom. The van der Waals surface area contributed by atoms with Gasteiger partial charge in [0.15, 0.2) is 0 Å². The number of benzene rings is 1. The van der Waals surface area contributed by atoms with Crippen molar-refractivity contribution >= 4 is 0 Å². The molecule has 1 aromatic rings. The van der Waals surface area contributed by atoms with E-state index >= 15 is 0 Å². The van der Waals surface area contributed by atoms with Crippen LogP contribution in [0.3, 0.4) is 0 Å². The lowest BCUT2D eigenvalue weighted by atomic mass is 10.1. The number of hydrogen-bond acceptors (Lipinski definition) is 3. The van der Waals surface area contributed by atoms with Gasteiger partial charge in [-0.2, -0.15) is 0 Å². The fourth-order valence-electron chi connectivity index (χ4n) is 2.14. The van der Waals surface area contributed by atoms with Crippen LogP contribution < -0.4 is 5.32 Å². The lowest BCUT2D eigenvalue weighted by Crippen LogP contribution is -2.28. The maximum atomic E-state index is 13.7. The summed E-state index contributed by atoms with van der Waals surface area (Å²) in [6.07, 6.45) is 1.08. The number of rotatable bonds is 6. The Bertz CT molecular complexity index is 367. The van der Waals surface area contributed by atoms with Crippen molar-refractivity contribution < 1.29 is 13.9 Å². The van der Waals surface area contributed by atoms with E-state index in [1.54, 1.807) is 12.1 Å². The maximum Gasteiger partial charge on any atom is 0.128 e. The molecule has 0 amide bonds. The summed E-state index contributed by atoms with van der Waals surface area (Å²) in [7, 11) is 0. The molecule has 0 bridgehead atoms. The Hall–Kier alpha value is -0.970. The monoisotopic (exact) mass is 253 g/mol. The second-order valence-corrected chi connectivity index (χ2v) is 4.45. The highest BCUT2D eigenvalue weighted by Crippen LogP contribution is 2.19. The first-order chi connectivity index (χ1) is 8.81. The van der Waals surface area contributed by atoms with Crippen molar-refractivity contribution in [2.75, 3.05) is 26.4 Å². The van der Waals surface area contributed by atoms with Gasteiger partial charge in [0.25, 0.3) is 0 Å². The number of ether oxygens (including phenoxy) is 2. The van der Waals surface area contributed by atoms with Gasteiger partial charge >= 0.3 is 0 Å². The Balaban J connectivity index is 1.96. The number of halogens is 1. The minimum Gasteiger partial charge on any atom is -0.379 e. The van der Waals surface area contributed by atoms with E-state index in [2.05, 4.69) is 5.32 Å². The van der Waals surface area contributed by atoms with Crippen LogP contribution in [-0.4, -0.2) is 32.5 Å². The van der Waals surface area contributed by atoms with Crippen molar-refractivity contribution in [1.29, 1.82) is 0 Å².